The Morgan fingerprint density at radius 3 is 1.83 bits per heavy atom. The zero-order chi connectivity index (χ0) is 13.8. The largest absolute Gasteiger partial charge is 0.0877 e. The molecule has 0 saturated carbocycles. The lowest BCUT2D eigenvalue weighted by atomic mass is 9.86. The van der Waals surface area contributed by atoms with Gasteiger partial charge in [0, 0.05) is 0 Å². The Bertz CT molecular complexity index is 380. The molecule has 1 aromatic carbocycles. The molecular formula is C18H28. The summed E-state index contributed by atoms with van der Waals surface area (Å²) in [5.74, 6) is 0. The van der Waals surface area contributed by atoms with Crippen LogP contribution in [-0.4, -0.2) is 0 Å². The number of hydrogen-bond donors (Lipinski definition) is 0. The van der Waals surface area contributed by atoms with E-state index in [4.69, 9.17) is 0 Å². The minimum atomic E-state index is 0.251. The van der Waals surface area contributed by atoms with Crippen molar-refractivity contribution in [2.45, 2.75) is 59.8 Å². The van der Waals surface area contributed by atoms with Crippen LogP contribution in [0, 0.1) is 5.41 Å². The van der Waals surface area contributed by atoms with Crippen molar-refractivity contribution >= 4 is 0 Å². The molecule has 0 spiro atoms. The average molecular weight is 244 g/mol. The fourth-order valence-electron chi connectivity index (χ4n) is 1.80. The lowest BCUT2D eigenvalue weighted by Crippen LogP contribution is -2.10. The highest BCUT2D eigenvalue weighted by atomic mass is 14.2. The van der Waals surface area contributed by atoms with Crippen LogP contribution in [0.3, 0.4) is 0 Å². The van der Waals surface area contributed by atoms with E-state index in [0.29, 0.717) is 5.41 Å². The molecule has 1 rings (SSSR count). The molecule has 0 nitrogen and oxygen atoms in total. The van der Waals surface area contributed by atoms with Crippen molar-refractivity contribution in [1.29, 1.82) is 0 Å². The number of rotatable bonds is 3. The molecule has 0 aliphatic rings. The Kier molecular flexibility index (Phi) is 4.78. The van der Waals surface area contributed by atoms with Crippen LogP contribution in [0.5, 0.6) is 0 Å². The van der Waals surface area contributed by atoms with Crippen LogP contribution >= 0.6 is 0 Å². The predicted molar refractivity (Wildman–Crippen MR) is 82.1 cm³/mol. The fourth-order valence-corrected chi connectivity index (χ4v) is 1.80. The van der Waals surface area contributed by atoms with Gasteiger partial charge in [-0.25, -0.2) is 0 Å². The monoisotopic (exact) mass is 244 g/mol. The third-order valence-electron chi connectivity index (χ3n) is 3.07. The minimum Gasteiger partial charge on any atom is -0.0877 e. The quantitative estimate of drug-likeness (QED) is 0.614. The Morgan fingerprint density at radius 1 is 0.833 bits per heavy atom. The molecule has 0 aliphatic heterocycles. The highest BCUT2D eigenvalue weighted by Gasteiger charge is 2.12. The van der Waals surface area contributed by atoms with Gasteiger partial charge in [0.25, 0.3) is 0 Å². The van der Waals surface area contributed by atoms with Gasteiger partial charge in [0.15, 0.2) is 0 Å². The lowest BCUT2D eigenvalue weighted by molar-refractivity contribution is 0.420. The van der Waals surface area contributed by atoms with Crippen molar-refractivity contribution in [1.82, 2.24) is 0 Å². The Balaban J connectivity index is 2.55. The van der Waals surface area contributed by atoms with Crippen LogP contribution in [-0.2, 0) is 11.8 Å². The van der Waals surface area contributed by atoms with Gasteiger partial charge in [0.2, 0.25) is 0 Å². The smallest absolute Gasteiger partial charge is 0.00974 e. The fraction of sp³-hybridized carbons (Fsp3) is 0.556. The first-order valence-electron chi connectivity index (χ1n) is 6.93. The summed E-state index contributed by atoms with van der Waals surface area (Å²) in [4.78, 5) is 0. The first-order chi connectivity index (χ1) is 8.18. The van der Waals surface area contributed by atoms with Gasteiger partial charge in [-0.15, -0.1) is 0 Å². The van der Waals surface area contributed by atoms with Gasteiger partial charge in [0.1, 0.15) is 0 Å². The Hall–Kier alpha value is -1.04. The summed E-state index contributed by atoms with van der Waals surface area (Å²) in [5.41, 5.74) is 3.45. The summed E-state index contributed by atoms with van der Waals surface area (Å²) in [6.07, 6.45) is 6.78. The molecule has 1 aromatic rings. The molecule has 0 aromatic heterocycles. The summed E-state index contributed by atoms with van der Waals surface area (Å²) >= 11 is 0. The zero-order valence-electron chi connectivity index (χ0n) is 12.9. The van der Waals surface area contributed by atoms with Gasteiger partial charge in [-0.05, 0) is 34.8 Å². The van der Waals surface area contributed by atoms with E-state index in [1.54, 1.807) is 0 Å². The zero-order valence-corrected chi connectivity index (χ0v) is 12.9. The average Bonchev–Trinajstić information content (AvgIpc) is 2.22. The maximum Gasteiger partial charge on any atom is -0.00974 e. The van der Waals surface area contributed by atoms with Gasteiger partial charge >= 0.3 is 0 Å². The molecule has 0 heteroatoms. The van der Waals surface area contributed by atoms with Crippen molar-refractivity contribution in [2.75, 3.05) is 0 Å². The van der Waals surface area contributed by atoms with Crippen LogP contribution < -0.4 is 0 Å². The first kappa shape index (κ1) is 15.0. The molecule has 0 bridgehead atoms. The van der Waals surface area contributed by atoms with E-state index in [-0.39, 0.29) is 5.41 Å². The summed E-state index contributed by atoms with van der Waals surface area (Å²) < 4.78 is 0. The van der Waals surface area contributed by atoms with Crippen molar-refractivity contribution in [3.63, 3.8) is 0 Å². The number of allylic oxidation sites excluding steroid dienone is 2. The summed E-state index contributed by atoms with van der Waals surface area (Å²) in [7, 11) is 0. The van der Waals surface area contributed by atoms with E-state index in [0.717, 1.165) is 12.8 Å². The van der Waals surface area contributed by atoms with E-state index in [9.17, 15) is 0 Å². The van der Waals surface area contributed by atoms with Crippen LogP contribution in [0.25, 0.3) is 0 Å². The minimum absolute atomic E-state index is 0.251. The van der Waals surface area contributed by atoms with Gasteiger partial charge in [-0.2, -0.15) is 0 Å². The molecule has 18 heavy (non-hydrogen) atoms. The van der Waals surface area contributed by atoms with Crippen molar-refractivity contribution in [3.05, 3.63) is 47.5 Å². The molecule has 0 saturated heterocycles. The van der Waals surface area contributed by atoms with Gasteiger partial charge in [0.05, 0.1) is 0 Å². The van der Waals surface area contributed by atoms with Crippen molar-refractivity contribution in [3.8, 4) is 0 Å². The summed E-state index contributed by atoms with van der Waals surface area (Å²) in [6, 6.07) is 9.02. The third-order valence-corrected chi connectivity index (χ3v) is 3.07. The molecule has 0 unspecified atom stereocenters. The van der Waals surface area contributed by atoms with Gasteiger partial charge in [-0.3, -0.25) is 0 Å². The normalized spacial score (nSPS) is 13.2. The molecular weight excluding hydrogens is 216 g/mol. The topological polar surface area (TPSA) is 0 Å². The van der Waals surface area contributed by atoms with Crippen LogP contribution in [0.1, 0.15) is 59.1 Å². The summed E-state index contributed by atoms with van der Waals surface area (Å²) in [6.45, 7) is 13.6. The SMILES string of the molecule is CC(C)(C)C/C=C/Cc1ccc(C(C)(C)C)cc1. The molecule has 0 amide bonds. The highest BCUT2D eigenvalue weighted by Crippen LogP contribution is 2.22. The van der Waals surface area contributed by atoms with Crippen molar-refractivity contribution in [2.24, 2.45) is 5.41 Å². The van der Waals surface area contributed by atoms with Crippen LogP contribution in [0.2, 0.25) is 0 Å². The Morgan fingerprint density at radius 2 is 1.39 bits per heavy atom. The number of benzene rings is 1. The first-order valence-corrected chi connectivity index (χ1v) is 6.93. The second kappa shape index (κ2) is 5.73. The standard InChI is InChI=1S/C18H28/c1-17(2,3)14-8-7-9-15-10-12-16(13-11-15)18(4,5)6/h7-8,10-13H,9,14H2,1-6H3/b8-7+. The van der Waals surface area contributed by atoms with E-state index < -0.39 is 0 Å². The van der Waals surface area contributed by atoms with E-state index in [1.807, 2.05) is 0 Å². The van der Waals surface area contributed by atoms with Crippen LogP contribution in [0.15, 0.2) is 36.4 Å². The molecule has 0 radical (unpaired) electrons. The molecule has 0 fully saturated rings. The van der Waals surface area contributed by atoms with Crippen LogP contribution in [0.4, 0.5) is 0 Å². The second-order valence-electron chi connectivity index (χ2n) is 7.39. The van der Waals surface area contributed by atoms with E-state index in [2.05, 4.69) is 78.0 Å². The van der Waals surface area contributed by atoms with E-state index >= 15 is 0 Å². The Labute approximate surface area is 113 Å². The third kappa shape index (κ3) is 5.53. The lowest BCUT2D eigenvalue weighted by Gasteiger charge is -2.19. The van der Waals surface area contributed by atoms with Gasteiger partial charge in [-0.1, -0.05) is 78.0 Å². The second-order valence-corrected chi connectivity index (χ2v) is 7.39. The molecule has 0 aliphatic carbocycles. The molecule has 0 heterocycles. The highest BCUT2D eigenvalue weighted by molar-refractivity contribution is 5.28. The molecule has 0 N–H and O–H groups in total. The van der Waals surface area contributed by atoms with Crippen molar-refractivity contribution < 1.29 is 0 Å². The maximum atomic E-state index is 2.30. The van der Waals surface area contributed by atoms with Gasteiger partial charge < -0.3 is 0 Å². The molecule has 0 atom stereocenters. The number of hydrogen-bond acceptors (Lipinski definition) is 0. The maximum absolute atomic E-state index is 2.30. The predicted octanol–water partition coefficient (Wildman–Crippen LogP) is 5.52. The van der Waals surface area contributed by atoms with E-state index in [1.165, 1.54) is 11.1 Å². The molecule has 100 valence electrons. The summed E-state index contributed by atoms with van der Waals surface area (Å²) in [5, 5.41) is 0.